The van der Waals surface area contributed by atoms with Crippen molar-refractivity contribution >= 4 is 0 Å². The van der Waals surface area contributed by atoms with Gasteiger partial charge in [0.05, 0.1) is 6.10 Å². The van der Waals surface area contributed by atoms with Crippen molar-refractivity contribution in [3.63, 3.8) is 0 Å². The van der Waals surface area contributed by atoms with Crippen molar-refractivity contribution in [3.05, 3.63) is 29.8 Å². The van der Waals surface area contributed by atoms with E-state index in [1.165, 1.54) is 19.3 Å². The number of hydrogen-bond donors (Lipinski definition) is 2. The number of aromatic hydroxyl groups is 1. The number of aliphatic hydroxyl groups is 1. The zero-order chi connectivity index (χ0) is 12.3. The lowest BCUT2D eigenvalue weighted by molar-refractivity contribution is 0.0471. The van der Waals surface area contributed by atoms with Gasteiger partial charge in [-0.15, -0.1) is 0 Å². The molecule has 94 valence electrons. The average molecular weight is 235 g/mol. The lowest BCUT2D eigenvalue weighted by Gasteiger charge is -2.35. The molecule has 3 heteroatoms. The molecule has 1 aromatic rings. The fourth-order valence-electron chi connectivity index (χ4n) is 2.48. The van der Waals surface area contributed by atoms with Gasteiger partial charge in [-0.1, -0.05) is 18.6 Å². The van der Waals surface area contributed by atoms with Crippen molar-refractivity contribution in [3.8, 4) is 5.75 Å². The Hall–Kier alpha value is -1.06. The number of phenols is 1. The third-order valence-corrected chi connectivity index (χ3v) is 3.66. The summed E-state index contributed by atoms with van der Waals surface area (Å²) in [5.41, 5.74) is 0.876. The predicted molar refractivity (Wildman–Crippen MR) is 68.0 cm³/mol. The fourth-order valence-corrected chi connectivity index (χ4v) is 2.48. The van der Waals surface area contributed by atoms with E-state index in [2.05, 4.69) is 11.8 Å². The van der Waals surface area contributed by atoms with Crippen LogP contribution in [0.1, 0.15) is 37.9 Å². The standard InChI is InChI=1S/C14H21NO2/c1-11(15-9-3-2-4-10-15)14(17)12-5-7-13(16)8-6-12/h5-8,11,14,16-17H,2-4,9-10H2,1H3/t11-,14+/m1/s1. The largest absolute Gasteiger partial charge is 0.508 e. The Morgan fingerprint density at radius 1 is 1.06 bits per heavy atom. The second-order valence-corrected chi connectivity index (χ2v) is 4.87. The summed E-state index contributed by atoms with van der Waals surface area (Å²) in [6.07, 6.45) is 3.28. The molecule has 1 saturated heterocycles. The molecule has 0 unspecified atom stereocenters. The molecule has 1 heterocycles. The van der Waals surface area contributed by atoms with Crippen LogP contribution >= 0.6 is 0 Å². The molecule has 17 heavy (non-hydrogen) atoms. The van der Waals surface area contributed by atoms with Crippen LogP contribution in [0.4, 0.5) is 0 Å². The maximum atomic E-state index is 10.3. The molecule has 0 bridgehead atoms. The summed E-state index contributed by atoms with van der Waals surface area (Å²) < 4.78 is 0. The molecule has 0 aromatic heterocycles. The molecule has 0 saturated carbocycles. The van der Waals surface area contributed by atoms with Crippen LogP contribution in [0, 0.1) is 0 Å². The van der Waals surface area contributed by atoms with E-state index in [0.717, 1.165) is 18.7 Å². The van der Waals surface area contributed by atoms with Crippen LogP contribution in [-0.4, -0.2) is 34.2 Å². The molecule has 1 aliphatic rings. The van der Waals surface area contributed by atoms with Gasteiger partial charge in [-0.25, -0.2) is 0 Å². The van der Waals surface area contributed by atoms with Gasteiger partial charge < -0.3 is 10.2 Å². The van der Waals surface area contributed by atoms with Crippen molar-refractivity contribution in [1.29, 1.82) is 0 Å². The molecule has 2 N–H and O–H groups in total. The predicted octanol–water partition coefficient (Wildman–Crippen LogP) is 2.30. The minimum absolute atomic E-state index is 0.139. The SMILES string of the molecule is C[C@H]([C@H](O)c1ccc(O)cc1)N1CCCCC1. The summed E-state index contributed by atoms with van der Waals surface area (Å²) in [6.45, 7) is 4.23. The Bertz CT molecular complexity index is 344. The fraction of sp³-hybridized carbons (Fsp3) is 0.571. The van der Waals surface area contributed by atoms with Gasteiger partial charge in [0.2, 0.25) is 0 Å². The minimum Gasteiger partial charge on any atom is -0.508 e. The Labute approximate surface area is 103 Å². The molecular formula is C14H21NO2. The quantitative estimate of drug-likeness (QED) is 0.845. The van der Waals surface area contributed by atoms with E-state index >= 15 is 0 Å². The highest BCUT2D eigenvalue weighted by Gasteiger charge is 2.24. The third-order valence-electron chi connectivity index (χ3n) is 3.66. The molecule has 0 spiro atoms. The first-order valence-electron chi connectivity index (χ1n) is 6.39. The number of piperidine rings is 1. The summed E-state index contributed by atoms with van der Waals surface area (Å²) in [7, 11) is 0. The van der Waals surface area contributed by atoms with Crippen molar-refractivity contribution < 1.29 is 10.2 Å². The second-order valence-electron chi connectivity index (χ2n) is 4.87. The van der Waals surface area contributed by atoms with Crippen LogP contribution in [0.5, 0.6) is 5.75 Å². The Balaban J connectivity index is 2.02. The number of benzene rings is 1. The highest BCUT2D eigenvalue weighted by Crippen LogP contribution is 2.24. The molecule has 0 radical (unpaired) electrons. The van der Waals surface area contributed by atoms with Gasteiger partial charge in [-0.05, 0) is 50.6 Å². The Morgan fingerprint density at radius 3 is 2.24 bits per heavy atom. The van der Waals surface area contributed by atoms with E-state index in [1.807, 2.05) is 0 Å². The average Bonchev–Trinajstić information content (AvgIpc) is 2.39. The van der Waals surface area contributed by atoms with Crippen LogP contribution in [0.25, 0.3) is 0 Å². The Morgan fingerprint density at radius 2 is 1.65 bits per heavy atom. The van der Waals surface area contributed by atoms with E-state index in [4.69, 9.17) is 0 Å². The maximum Gasteiger partial charge on any atom is 0.115 e. The zero-order valence-electron chi connectivity index (χ0n) is 10.3. The van der Waals surface area contributed by atoms with Gasteiger partial charge >= 0.3 is 0 Å². The topological polar surface area (TPSA) is 43.7 Å². The number of aliphatic hydroxyl groups excluding tert-OH is 1. The van der Waals surface area contributed by atoms with Crippen LogP contribution in [0.2, 0.25) is 0 Å². The number of rotatable bonds is 3. The van der Waals surface area contributed by atoms with Crippen LogP contribution in [0.3, 0.4) is 0 Å². The lowest BCUT2D eigenvalue weighted by atomic mass is 10.00. The second kappa shape index (κ2) is 5.52. The first-order valence-corrected chi connectivity index (χ1v) is 6.39. The number of hydrogen-bond acceptors (Lipinski definition) is 3. The molecule has 2 rings (SSSR count). The normalized spacial score (nSPS) is 21.1. The summed E-state index contributed by atoms with van der Waals surface area (Å²) in [4.78, 5) is 2.35. The third kappa shape index (κ3) is 2.99. The molecule has 2 atom stereocenters. The number of phenolic OH excluding ortho intramolecular Hbond substituents is 1. The number of likely N-dealkylation sites (tertiary alicyclic amines) is 1. The first kappa shape index (κ1) is 12.4. The minimum atomic E-state index is -0.478. The molecule has 1 aromatic carbocycles. The van der Waals surface area contributed by atoms with Crippen molar-refractivity contribution in [2.45, 2.75) is 38.3 Å². The van der Waals surface area contributed by atoms with Gasteiger partial charge in [-0.2, -0.15) is 0 Å². The van der Waals surface area contributed by atoms with E-state index in [9.17, 15) is 10.2 Å². The van der Waals surface area contributed by atoms with Crippen molar-refractivity contribution in [2.75, 3.05) is 13.1 Å². The lowest BCUT2D eigenvalue weighted by Crippen LogP contribution is -2.40. The van der Waals surface area contributed by atoms with Crippen LogP contribution in [0.15, 0.2) is 24.3 Å². The zero-order valence-corrected chi connectivity index (χ0v) is 10.3. The van der Waals surface area contributed by atoms with Gasteiger partial charge in [0, 0.05) is 6.04 Å². The number of nitrogens with zero attached hydrogens (tertiary/aromatic N) is 1. The highest BCUT2D eigenvalue weighted by atomic mass is 16.3. The molecule has 1 fully saturated rings. The van der Waals surface area contributed by atoms with E-state index < -0.39 is 6.10 Å². The summed E-state index contributed by atoms with van der Waals surface area (Å²) in [5.74, 6) is 0.242. The summed E-state index contributed by atoms with van der Waals surface area (Å²) in [6, 6.07) is 6.98. The van der Waals surface area contributed by atoms with Gasteiger partial charge in [0.25, 0.3) is 0 Å². The summed E-state index contributed by atoms with van der Waals surface area (Å²) in [5, 5.41) is 19.5. The van der Waals surface area contributed by atoms with Crippen LogP contribution in [-0.2, 0) is 0 Å². The highest BCUT2D eigenvalue weighted by molar-refractivity contribution is 5.27. The van der Waals surface area contributed by atoms with Crippen molar-refractivity contribution in [1.82, 2.24) is 4.90 Å². The molecular weight excluding hydrogens is 214 g/mol. The van der Waals surface area contributed by atoms with Crippen LogP contribution < -0.4 is 0 Å². The maximum absolute atomic E-state index is 10.3. The van der Waals surface area contributed by atoms with Gasteiger partial charge in [0.1, 0.15) is 5.75 Å². The molecule has 1 aliphatic heterocycles. The molecule has 0 aliphatic carbocycles. The Kier molecular flexibility index (Phi) is 4.02. The summed E-state index contributed by atoms with van der Waals surface area (Å²) >= 11 is 0. The molecule has 0 amide bonds. The monoisotopic (exact) mass is 235 g/mol. The van der Waals surface area contributed by atoms with E-state index in [0.29, 0.717) is 0 Å². The first-order chi connectivity index (χ1) is 8.18. The van der Waals surface area contributed by atoms with E-state index in [-0.39, 0.29) is 11.8 Å². The molecule has 3 nitrogen and oxygen atoms in total. The smallest absolute Gasteiger partial charge is 0.115 e. The van der Waals surface area contributed by atoms with Crippen molar-refractivity contribution in [2.24, 2.45) is 0 Å². The van der Waals surface area contributed by atoms with Gasteiger partial charge in [0.15, 0.2) is 0 Å². The van der Waals surface area contributed by atoms with Gasteiger partial charge in [-0.3, -0.25) is 4.90 Å². The van der Waals surface area contributed by atoms with E-state index in [1.54, 1.807) is 24.3 Å².